The summed E-state index contributed by atoms with van der Waals surface area (Å²) in [6, 6.07) is 9.57. The molecule has 2 aromatic carbocycles. The van der Waals surface area contributed by atoms with E-state index in [1.807, 2.05) is 6.07 Å². The number of primary amides is 1. The highest BCUT2D eigenvalue weighted by atomic mass is 32.2. The number of hydrogen-bond acceptors (Lipinski definition) is 3. The number of carbonyl (C=O) groups is 1. The fourth-order valence-corrected chi connectivity index (χ4v) is 3.12. The molecule has 0 aliphatic carbocycles. The molecule has 0 aromatic heterocycles. The van der Waals surface area contributed by atoms with Gasteiger partial charge in [0.05, 0.1) is 16.0 Å². The minimum atomic E-state index is -4.85. The number of benzene rings is 2. The van der Waals surface area contributed by atoms with E-state index >= 15 is 0 Å². The van der Waals surface area contributed by atoms with E-state index in [0.717, 1.165) is 12.3 Å². The molecule has 4 nitrogen and oxygen atoms in total. The summed E-state index contributed by atoms with van der Waals surface area (Å²) in [5, 5.41) is 0. The lowest BCUT2D eigenvalue weighted by molar-refractivity contribution is -0.138. The SMILES string of the molecule is CS(=O)(=O)c1ccccc1-c1cc[c]c(C(F)(F)F)c1C(N)=O. The predicted molar refractivity (Wildman–Crippen MR) is 77.3 cm³/mol. The Morgan fingerprint density at radius 1 is 1.13 bits per heavy atom. The molecular formula is C15H11F3NO3S. The Morgan fingerprint density at radius 2 is 1.74 bits per heavy atom. The number of amides is 1. The monoisotopic (exact) mass is 342 g/mol. The van der Waals surface area contributed by atoms with E-state index in [4.69, 9.17) is 5.73 Å². The molecule has 0 saturated carbocycles. The van der Waals surface area contributed by atoms with Crippen LogP contribution in [0.25, 0.3) is 11.1 Å². The molecule has 8 heteroatoms. The van der Waals surface area contributed by atoms with Crippen LogP contribution in [0.3, 0.4) is 0 Å². The van der Waals surface area contributed by atoms with Gasteiger partial charge < -0.3 is 5.73 Å². The molecule has 1 amide bonds. The highest BCUT2D eigenvalue weighted by Gasteiger charge is 2.36. The lowest BCUT2D eigenvalue weighted by atomic mass is 9.94. The molecule has 0 bridgehead atoms. The van der Waals surface area contributed by atoms with Crippen LogP contribution in [0.5, 0.6) is 0 Å². The van der Waals surface area contributed by atoms with Crippen LogP contribution in [0.4, 0.5) is 13.2 Å². The molecule has 0 aliphatic rings. The summed E-state index contributed by atoms with van der Waals surface area (Å²) in [6.07, 6.45) is -3.92. The quantitative estimate of drug-likeness (QED) is 0.931. The molecule has 0 fully saturated rings. The summed E-state index contributed by atoms with van der Waals surface area (Å²) < 4.78 is 62.9. The van der Waals surface area contributed by atoms with Crippen molar-refractivity contribution in [3.63, 3.8) is 0 Å². The van der Waals surface area contributed by atoms with E-state index in [1.54, 1.807) is 0 Å². The first-order valence-corrected chi connectivity index (χ1v) is 8.13. The zero-order valence-corrected chi connectivity index (χ0v) is 12.6. The first-order valence-electron chi connectivity index (χ1n) is 6.24. The van der Waals surface area contributed by atoms with Crippen LogP contribution in [0.2, 0.25) is 0 Å². The number of nitrogens with two attached hydrogens (primary N) is 1. The van der Waals surface area contributed by atoms with Crippen LogP contribution in [0, 0.1) is 6.07 Å². The smallest absolute Gasteiger partial charge is 0.366 e. The number of halogens is 3. The number of sulfone groups is 1. The van der Waals surface area contributed by atoms with Crippen molar-refractivity contribution in [1.29, 1.82) is 0 Å². The van der Waals surface area contributed by atoms with Gasteiger partial charge in [0.15, 0.2) is 9.84 Å². The van der Waals surface area contributed by atoms with Gasteiger partial charge in [-0.3, -0.25) is 4.79 Å². The summed E-state index contributed by atoms with van der Waals surface area (Å²) in [4.78, 5) is 11.4. The van der Waals surface area contributed by atoms with Crippen molar-refractivity contribution >= 4 is 15.7 Å². The predicted octanol–water partition coefficient (Wildman–Crippen LogP) is 2.67. The van der Waals surface area contributed by atoms with Gasteiger partial charge in [0, 0.05) is 11.8 Å². The van der Waals surface area contributed by atoms with Crippen LogP contribution in [0.15, 0.2) is 41.3 Å². The third-order valence-electron chi connectivity index (χ3n) is 3.10. The van der Waals surface area contributed by atoms with Gasteiger partial charge in [-0.25, -0.2) is 8.42 Å². The van der Waals surface area contributed by atoms with Crippen LogP contribution in [-0.4, -0.2) is 20.6 Å². The highest BCUT2D eigenvalue weighted by Crippen LogP contribution is 2.37. The summed E-state index contributed by atoms with van der Waals surface area (Å²) in [6.45, 7) is 0. The molecule has 0 atom stereocenters. The van der Waals surface area contributed by atoms with Crippen molar-refractivity contribution in [1.82, 2.24) is 0 Å². The first-order chi connectivity index (χ1) is 10.5. The average Bonchev–Trinajstić information content (AvgIpc) is 2.44. The largest absolute Gasteiger partial charge is 0.417 e. The maximum absolute atomic E-state index is 13.1. The number of alkyl halides is 3. The molecule has 2 aromatic rings. The van der Waals surface area contributed by atoms with Crippen molar-refractivity contribution in [2.75, 3.05) is 6.26 Å². The van der Waals surface area contributed by atoms with Gasteiger partial charge in [0.2, 0.25) is 5.91 Å². The normalized spacial score (nSPS) is 12.2. The molecular weight excluding hydrogens is 331 g/mol. The maximum atomic E-state index is 13.1. The topological polar surface area (TPSA) is 77.2 Å². The highest BCUT2D eigenvalue weighted by molar-refractivity contribution is 7.90. The van der Waals surface area contributed by atoms with Gasteiger partial charge in [0.1, 0.15) is 0 Å². The van der Waals surface area contributed by atoms with Gasteiger partial charge in [-0.2, -0.15) is 13.2 Å². The summed E-state index contributed by atoms with van der Waals surface area (Å²) in [7, 11) is -3.72. The van der Waals surface area contributed by atoms with Crippen LogP contribution < -0.4 is 5.73 Å². The minimum absolute atomic E-state index is 0.0247. The van der Waals surface area contributed by atoms with Gasteiger partial charge in [0.25, 0.3) is 0 Å². The summed E-state index contributed by atoms with van der Waals surface area (Å²) in [5.74, 6) is -1.31. The van der Waals surface area contributed by atoms with Gasteiger partial charge in [-0.1, -0.05) is 30.3 Å². The molecule has 2 N–H and O–H groups in total. The third-order valence-corrected chi connectivity index (χ3v) is 4.26. The minimum Gasteiger partial charge on any atom is -0.366 e. The number of carbonyl (C=O) groups excluding carboxylic acids is 1. The van der Waals surface area contributed by atoms with Crippen molar-refractivity contribution in [2.45, 2.75) is 11.1 Å². The van der Waals surface area contributed by atoms with Crippen molar-refractivity contribution in [2.24, 2.45) is 5.73 Å². The molecule has 0 saturated heterocycles. The Morgan fingerprint density at radius 3 is 2.26 bits per heavy atom. The standard InChI is InChI=1S/C15H11F3NO3S/c1-23(21,22)12-8-3-2-5-9(12)10-6-4-7-11(15(16,17)18)13(10)14(19)20/h2-6,8H,1H3,(H2,19,20). The third kappa shape index (κ3) is 3.37. The Balaban J connectivity index is 2.89. The molecule has 0 spiro atoms. The Hall–Kier alpha value is -2.35. The van der Waals surface area contributed by atoms with E-state index in [2.05, 4.69) is 0 Å². The molecule has 2 rings (SSSR count). The van der Waals surface area contributed by atoms with Gasteiger partial charge >= 0.3 is 6.18 Å². The molecule has 121 valence electrons. The van der Waals surface area contributed by atoms with Crippen LogP contribution in [-0.2, 0) is 16.0 Å². The van der Waals surface area contributed by atoms with E-state index in [9.17, 15) is 26.4 Å². The van der Waals surface area contributed by atoms with E-state index in [1.165, 1.54) is 30.3 Å². The average molecular weight is 342 g/mol. The van der Waals surface area contributed by atoms with Crippen molar-refractivity contribution < 1.29 is 26.4 Å². The summed E-state index contributed by atoms with van der Waals surface area (Å²) >= 11 is 0. The van der Waals surface area contributed by atoms with E-state index in [-0.39, 0.29) is 16.0 Å². The molecule has 0 unspecified atom stereocenters. The summed E-state index contributed by atoms with van der Waals surface area (Å²) in [5.41, 5.74) is 2.73. The second-order valence-electron chi connectivity index (χ2n) is 4.77. The van der Waals surface area contributed by atoms with Crippen molar-refractivity contribution in [3.05, 3.63) is 53.6 Å². The zero-order valence-electron chi connectivity index (χ0n) is 11.8. The van der Waals surface area contributed by atoms with Crippen molar-refractivity contribution in [3.8, 4) is 11.1 Å². The maximum Gasteiger partial charge on any atom is 0.417 e. The molecule has 0 aliphatic heterocycles. The van der Waals surface area contributed by atoms with Crippen LogP contribution in [0.1, 0.15) is 15.9 Å². The fraction of sp³-hybridized carbons (Fsp3) is 0.133. The molecule has 1 radical (unpaired) electrons. The zero-order chi connectivity index (χ0) is 17.4. The molecule has 0 heterocycles. The molecule has 23 heavy (non-hydrogen) atoms. The van der Waals surface area contributed by atoms with Gasteiger partial charge in [-0.05, 0) is 17.7 Å². The number of rotatable bonds is 3. The van der Waals surface area contributed by atoms with E-state index in [0.29, 0.717) is 0 Å². The number of hydrogen-bond donors (Lipinski definition) is 1. The van der Waals surface area contributed by atoms with Gasteiger partial charge in [-0.15, -0.1) is 0 Å². The second kappa shape index (κ2) is 5.69. The lowest BCUT2D eigenvalue weighted by Gasteiger charge is -2.16. The second-order valence-corrected chi connectivity index (χ2v) is 6.76. The fourth-order valence-electron chi connectivity index (χ4n) is 2.21. The lowest BCUT2D eigenvalue weighted by Crippen LogP contribution is -2.20. The Bertz CT molecular complexity index is 874. The van der Waals surface area contributed by atoms with Crippen LogP contribution >= 0.6 is 0 Å². The first kappa shape index (κ1) is 17.0. The van der Waals surface area contributed by atoms with E-state index < -0.39 is 33.0 Å². The Kier molecular flexibility index (Phi) is 4.21. The Labute approximate surface area is 130 Å².